The fourth-order valence-corrected chi connectivity index (χ4v) is 3.03. The highest BCUT2D eigenvalue weighted by molar-refractivity contribution is 8.93. The van der Waals surface area contributed by atoms with Crippen LogP contribution in [0.25, 0.3) is 5.00 Å². The molecule has 0 aliphatic heterocycles. The van der Waals surface area contributed by atoms with Gasteiger partial charge in [-0.05, 0) is 25.0 Å². The molecule has 0 saturated heterocycles. The largest absolute Gasteiger partial charge is 0.329 e. The average Bonchev–Trinajstić information content (AvgIpc) is 3.16. The monoisotopic (exact) mass is 397 g/mol. The molecule has 23 heavy (non-hydrogen) atoms. The molecule has 1 aromatic carbocycles. The molecule has 0 bridgehead atoms. The van der Waals surface area contributed by atoms with Crippen molar-refractivity contribution in [2.45, 2.75) is 26.2 Å². The second kappa shape index (κ2) is 8.16. The van der Waals surface area contributed by atoms with Gasteiger partial charge in [-0.2, -0.15) is 5.10 Å². The van der Waals surface area contributed by atoms with E-state index in [0.29, 0.717) is 10.8 Å². The molecule has 8 heteroatoms. The van der Waals surface area contributed by atoms with E-state index in [4.69, 9.17) is 0 Å². The third-order valence-corrected chi connectivity index (χ3v) is 4.19. The molecule has 0 radical (unpaired) electrons. The van der Waals surface area contributed by atoms with E-state index >= 15 is 0 Å². The maximum Gasteiger partial charge on any atom is 0.189 e. The topological polar surface area (TPSA) is 55.6 Å². The zero-order valence-corrected chi connectivity index (χ0v) is 15.1. The minimum absolute atomic E-state index is 0. The maximum atomic E-state index is 13.7. The number of aryl methyl sites for hydroxylation is 1. The van der Waals surface area contributed by atoms with E-state index in [2.05, 4.69) is 27.3 Å². The number of para-hydroxylation sites is 1. The molecule has 3 aromatic rings. The van der Waals surface area contributed by atoms with Crippen LogP contribution in [0.1, 0.15) is 25.5 Å². The van der Waals surface area contributed by atoms with Crippen LogP contribution in [-0.4, -0.2) is 19.7 Å². The van der Waals surface area contributed by atoms with Crippen molar-refractivity contribution in [3.8, 4) is 5.00 Å². The van der Waals surface area contributed by atoms with E-state index < -0.39 is 0 Å². The standard InChI is InChI=1S/C15H16FN5S.BrH/c1-2-3-7-13-14(21-10-17-9-18-21)22-15(20-13)19-12-8-5-4-6-11(12)16;/h4-6,8-10H,2-3,7H2,1H3,(H,19,20);1H. The minimum atomic E-state index is -0.296. The van der Waals surface area contributed by atoms with Crippen molar-refractivity contribution in [2.75, 3.05) is 5.32 Å². The second-order valence-corrected chi connectivity index (χ2v) is 5.80. The fraction of sp³-hybridized carbons (Fsp3) is 0.267. The first-order chi connectivity index (χ1) is 10.8. The van der Waals surface area contributed by atoms with Gasteiger partial charge in [-0.3, -0.25) is 0 Å². The van der Waals surface area contributed by atoms with E-state index in [-0.39, 0.29) is 22.8 Å². The van der Waals surface area contributed by atoms with E-state index in [0.717, 1.165) is 30.0 Å². The molecule has 0 unspecified atom stereocenters. The van der Waals surface area contributed by atoms with Gasteiger partial charge in [0.05, 0.1) is 11.4 Å². The second-order valence-electron chi connectivity index (χ2n) is 4.82. The summed E-state index contributed by atoms with van der Waals surface area (Å²) in [6.07, 6.45) is 6.14. The van der Waals surface area contributed by atoms with Gasteiger partial charge in [0.25, 0.3) is 0 Å². The zero-order chi connectivity index (χ0) is 15.4. The van der Waals surface area contributed by atoms with Crippen LogP contribution in [-0.2, 0) is 6.42 Å². The predicted molar refractivity (Wildman–Crippen MR) is 95.6 cm³/mol. The SMILES string of the molecule is Br.CCCCc1nc(Nc2ccccc2F)sc1-n1cncn1. The van der Waals surface area contributed by atoms with Crippen LogP contribution in [0, 0.1) is 5.82 Å². The lowest BCUT2D eigenvalue weighted by molar-refractivity contribution is 0.632. The number of halogens is 2. The highest BCUT2D eigenvalue weighted by Crippen LogP contribution is 2.30. The van der Waals surface area contributed by atoms with Crippen molar-refractivity contribution in [1.29, 1.82) is 0 Å². The Kier molecular flexibility index (Phi) is 6.23. The Morgan fingerprint density at radius 1 is 1.30 bits per heavy atom. The number of anilines is 2. The van der Waals surface area contributed by atoms with Crippen LogP contribution in [0.15, 0.2) is 36.9 Å². The first-order valence-corrected chi connectivity index (χ1v) is 7.96. The Morgan fingerprint density at radius 2 is 2.13 bits per heavy atom. The van der Waals surface area contributed by atoms with Crippen molar-refractivity contribution in [1.82, 2.24) is 19.7 Å². The van der Waals surface area contributed by atoms with Gasteiger partial charge in [-0.25, -0.2) is 19.0 Å². The number of thiazole rings is 1. The molecule has 0 amide bonds. The highest BCUT2D eigenvalue weighted by atomic mass is 79.9. The predicted octanol–water partition coefficient (Wildman–Crippen LogP) is 4.53. The summed E-state index contributed by atoms with van der Waals surface area (Å²) in [5.74, 6) is -0.296. The van der Waals surface area contributed by atoms with Crippen LogP contribution >= 0.6 is 28.3 Å². The first-order valence-electron chi connectivity index (χ1n) is 7.14. The van der Waals surface area contributed by atoms with Crippen molar-refractivity contribution in [3.05, 3.63) is 48.4 Å². The number of unbranched alkanes of at least 4 members (excludes halogenated alkanes) is 1. The number of nitrogens with one attached hydrogen (secondary N) is 1. The molecular weight excluding hydrogens is 381 g/mol. The summed E-state index contributed by atoms with van der Waals surface area (Å²) in [4.78, 5) is 8.57. The molecule has 5 nitrogen and oxygen atoms in total. The summed E-state index contributed by atoms with van der Waals surface area (Å²) in [5.41, 5.74) is 1.37. The lowest BCUT2D eigenvalue weighted by atomic mass is 10.2. The molecule has 0 atom stereocenters. The van der Waals surface area contributed by atoms with Crippen LogP contribution in [0.2, 0.25) is 0 Å². The first kappa shape index (κ1) is 17.6. The Labute approximate surface area is 148 Å². The Bertz CT molecular complexity index is 744. The van der Waals surface area contributed by atoms with E-state index in [1.807, 2.05) is 0 Å². The summed E-state index contributed by atoms with van der Waals surface area (Å²) in [6.45, 7) is 2.14. The van der Waals surface area contributed by atoms with Gasteiger partial charge in [-0.1, -0.05) is 36.8 Å². The summed E-state index contributed by atoms with van der Waals surface area (Å²) in [7, 11) is 0. The van der Waals surface area contributed by atoms with Gasteiger partial charge in [0, 0.05) is 0 Å². The molecule has 0 aliphatic carbocycles. The van der Waals surface area contributed by atoms with E-state index in [1.54, 1.807) is 29.2 Å². The van der Waals surface area contributed by atoms with Gasteiger partial charge in [0.15, 0.2) is 5.13 Å². The summed E-state index contributed by atoms with van der Waals surface area (Å²) in [5, 5.41) is 8.78. The zero-order valence-electron chi connectivity index (χ0n) is 12.6. The van der Waals surface area contributed by atoms with Gasteiger partial charge < -0.3 is 5.32 Å². The summed E-state index contributed by atoms with van der Waals surface area (Å²) < 4.78 is 15.4. The lowest BCUT2D eigenvalue weighted by Gasteiger charge is -2.02. The molecule has 2 aromatic heterocycles. The number of nitrogens with zero attached hydrogens (tertiary/aromatic N) is 4. The van der Waals surface area contributed by atoms with Crippen LogP contribution < -0.4 is 5.32 Å². The van der Waals surface area contributed by atoms with Crippen LogP contribution in [0.3, 0.4) is 0 Å². The Hall–Kier alpha value is -1.80. The molecule has 0 fully saturated rings. The van der Waals surface area contributed by atoms with Gasteiger partial charge in [0.1, 0.15) is 23.5 Å². The number of hydrogen-bond donors (Lipinski definition) is 1. The smallest absolute Gasteiger partial charge is 0.189 e. The summed E-state index contributed by atoms with van der Waals surface area (Å²) >= 11 is 1.44. The molecule has 122 valence electrons. The lowest BCUT2D eigenvalue weighted by Crippen LogP contribution is -1.97. The highest BCUT2D eigenvalue weighted by Gasteiger charge is 2.14. The molecular formula is C15H17BrFN5S. The quantitative estimate of drug-likeness (QED) is 0.663. The van der Waals surface area contributed by atoms with Gasteiger partial charge in [0.2, 0.25) is 0 Å². The van der Waals surface area contributed by atoms with Crippen molar-refractivity contribution in [2.24, 2.45) is 0 Å². The Balaban J connectivity index is 0.00000192. The molecule has 3 rings (SSSR count). The Morgan fingerprint density at radius 3 is 2.83 bits per heavy atom. The number of rotatable bonds is 6. The van der Waals surface area contributed by atoms with E-state index in [9.17, 15) is 4.39 Å². The van der Waals surface area contributed by atoms with Gasteiger partial charge >= 0.3 is 0 Å². The van der Waals surface area contributed by atoms with Gasteiger partial charge in [-0.15, -0.1) is 17.0 Å². The molecule has 0 saturated carbocycles. The van der Waals surface area contributed by atoms with Crippen molar-refractivity contribution < 1.29 is 4.39 Å². The summed E-state index contributed by atoms with van der Waals surface area (Å²) in [6, 6.07) is 6.56. The molecule has 0 spiro atoms. The average molecular weight is 398 g/mol. The molecule has 0 aliphatic rings. The maximum absolute atomic E-state index is 13.7. The van der Waals surface area contributed by atoms with Crippen LogP contribution in [0.5, 0.6) is 0 Å². The van der Waals surface area contributed by atoms with Crippen molar-refractivity contribution in [3.63, 3.8) is 0 Å². The molecule has 1 N–H and O–H groups in total. The van der Waals surface area contributed by atoms with E-state index in [1.165, 1.54) is 23.7 Å². The number of benzene rings is 1. The number of hydrogen-bond acceptors (Lipinski definition) is 5. The minimum Gasteiger partial charge on any atom is -0.329 e. The third kappa shape index (κ3) is 4.14. The van der Waals surface area contributed by atoms with Crippen LogP contribution in [0.4, 0.5) is 15.2 Å². The third-order valence-electron chi connectivity index (χ3n) is 3.19. The molecule has 2 heterocycles. The van der Waals surface area contributed by atoms with Crippen molar-refractivity contribution >= 4 is 39.1 Å². The fourth-order valence-electron chi connectivity index (χ4n) is 2.07. The normalized spacial score (nSPS) is 10.3. The number of aromatic nitrogens is 4.